The molecule has 2 aromatic carbocycles. The van der Waals surface area contributed by atoms with E-state index < -0.39 is 23.6 Å². The van der Waals surface area contributed by atoms with Crippen LogP contribution in [0, 0.1) is 13.8 Å². The molecule has 7 heteroatoms. The van der Waals surface area contributed by atoms with Gasteiger partial charge in [0.1, 0.15) is 11.3 Å². The van der Waals surface area contributed by atoms with Gasteiger partial charge in [0.2, 0.25) is 0 Å². The van der Waals surface area contributed by atoms with Crippen LogP contribution in [0.5, 0.6) is 5.75 Å². The lowest BCUT2D eigenvalue weighted by Crippen LogP contribution is -2.31. The van der Waals surface area contributed by atoms with E-state index in [1.807, 2.05) is 25.1 Å². The quantitative estimate of drug-likeness (QED) is 0.508. The first-order valence-corrected chi connectivity index (χ1v) is 9.06. The van der Waals surface area contributed by atoms with Crippen molar-refractivity contribution >= 4 is 28.5 Å². The lowest BCUT2D eigenvalue weighted by atomic mass is 10.1. The van der Waals surface area contributed by atoms with Crippen LogP contribution in [0.3, 0.4) is 0 Å². The van der Waals surface area contributed by atoms with E-state index in [1.54, 1.807) is 25.1 Å². The predicted octanol–water partition coefficient (Wildman–Crippen LogP) is 3.36. The minimum Gasteiger partial charge on any atom is -0.482 e. The number of fused-ring (bicyclic) bond motifs is 1. The molecule has 0 saturated heterocycles. The second kappa shape index (κ2) is 8.60. The zero-order valence-electron chi connectivity index (χ0n) is 16.4. The fraction of sp³-hybridized carbons (Fsp3) is 0.227. The molecule has 150 valence electrons. The molecule has 7 nitrogen and oxygen atoms in total. The van der Waals surface area contributed by atoms with Crippen LogP contribution in [0.1, 0.15) is 18.1 Å². The summed E-state index contributed by atoms with van der Waals surface area (Å²) < 4.78 is 15.7. The van der Waals surface area contributed by atoms with Crippen LogP contribution in [0.2, 0.25) is 0 Å². The lowest BCUT2D eigenvalue weighted by molar-refractivity contribution is -0.155. The summed E-state index contributed by atoms with van der Waals surface area (Å²) in [4.78, 5) is 35.7. The third kappa shape index (κ3) is 5.22. The van der Waals surface area contributed by atoms with Crippen LogP contribution in [-0.4, -0.2) is 24.6 Å². The van der Waals surface area contributed by atoms with Crippen molar-refractivity contribution in [3.05, 3.63) is 70.1 Å². The van der Waals surface area contributed by atoms with Gasteiger partial charge in [-0.1, -0.05) is 12.1 Å². The molecular weight excluding hydrogens is 374 g/mol. The summed E-state index contributed by atoms with van der Waals surface area (Å²) in [5.74, 6) is -0.783. The molecule has 0 unspecified atom stereocenters. The highest BCUT2D eigenvalue weighted by Gasteiger charge is 2.18. The second-order valence-electron chi connectivity index (χ2n) is 6.69. The van der Waals surface area contributed by atoms with E-state index in [2.05, 4.69) is 5.32 Å². The summed E-state index contributed by atoms with van der Waals surface area (Å²) >= 11 is 0. The number of carbonyl (C=O) groups is 2. The van der Waals surface area contributed by atoms with Crippen molar-refractivity contribution in [2.24, 2.45) is 0 Å². The Morgan fingerprint density at radius 3 is 2.66 bits per heavy atom. The molecule has 1 heterocycles. The standard InChI is InChI=1S/C22H21NO6/c1-13-5-4-6-16(9-13)23-22(26)15(3)28-21(25)12-27-17-7-8-18-14(2)10-20(24)29-19(18)11-17/h4-11,15H,12H2,1-3H3,(H,23,26)/t15-/m0/s1. The fourth-order valence-electron chi connectivity index (χ4n) is 2.79. The number of hydrogen-bond donors (Lipinski definition) is 1. The van der Waals surface area contributed by atoms with Crippen molar-refractivity contribution in [2.45, 2.75) is 26.9 Å². The fourth-order valence-corrected chi connectivity index (χ4v) is 2.79. The van der Waals surface area contributed by atoms with Gasteiger partial charge in [0.05, 0.1) is 0 Å². The summed E-state index contributed by atoms with van der Waals surface area (Å²) in [5.41, 5.74) is 2.33. The summed E-state index contributed by atoms with van der Waals surface area (Å²) in [7, 11) is 0. The van der Waals surface area contributed by atoms with E-state index in [0.29, 0.717) is 17.0 Å². The molecule has 0 aliphatic carbocycles. The highest BCUT2D eigenvalue weighted by molar-refractivity contribution is 5.95. The van der Waals surface area contributed by atoms with Crippen molar-refractivity contribution in [1.82, 2.24) is 0 Å². The molecule has 29 heavy (non-hydrogen) atoms. The van der Waals surface area contributed by atoms with Crippen molar-refractivity contribution in [3.8, 4) is 5.75 Å². The van der Waals surface area contributed by atoms with Crippen molar-refractivity contribution in [1.29, 1.82) is 0 Å². The Morgan fingerprint density at radius 2 is 1.90 bits per heavy atom. The van der Waals surface area contributed by atoms with Crippen LogP contribution in [0.25, 0.3) is 11.0 Å². The molecule has 1 atom stereocenters. The molecule has 0 aliphatic heterocycles. The number of carbonyl (C=O) groups excluding carboxylic acids is 2. The van der Waals surface area contributed by atoms with Crippen LogP contribution >= 0.6 is 0 Å². The molecule has 1 aromatic heterocycles. The van der Waals surface area contributed by atoms with Gasteiger partial charge < -0.3 is 19.2 Å². The SMILES string of the molecule is Cc1cccc(NC(=O)[C@H](C)OC(=O)COc2ccc3c(C)cc(=O)oc3c2)c1. The third-order valence-corrected chi connectivity index (χ3v) is 4.24. The van der Waals surface area contributed by atoms with Crippen LogP contribution < -0.4 is 15.7 Å². The molecule has 0 bridgehead atoms. The normalized spacial score (nSPS) is 11.7. The highest BCUT2D eigenvalue weighted by atomic mass is 16.6. The third-order valence-electron chi connectivity index (χ3n) is 4.24. The maximum Gasteiger partial charge on any atom is 0.344 e. The summed E-state index contributed by atoms with van der Waals surface area (Å²) in [6.45, 7) is 4.82. The lowest BCUT2D eigenvalue weighted by Gasteiger charge is -2.14. The van der Waals surface area contributed by atoms with Crippen LogP contribution in [-0.2, 0) is 14.3 Å². The van der Waals surface area contributed by atoms with Gasteiger partial charge in [-0.2, -0.15) is 0 Å². The van der Waals surface area contributed by atoms with Crippen molar-refractivity contribution < 1.29 is 23.5 Å². The Kier molecular flexibility index (Phi) is 5.97. The molecular formula is C22H21NO6. The minimum absolute atomic E-state index is 0.347. The number of ether oxygens (including phenoxy) is 2. The smallest absolute Gasteiger partial charge is 0.344 e. The van der Waals surface area contributed by atoms with Gasteiger partial charge in [0, 0.05) is 23.2 Å². The summed E-state index contributed by atoms with van der Waals surface area (Å²) in [6.07, 6.45) is -0.983. The molecule has 0 fully saturated rings. The van der Waals surface area contributed by atoms with E-state index in [4.69, 9.17) is 13.9 Å². The number of anilines is 1. The van der Waals surface area contributed by atoms with E-state index in [1.165, 1.54) is 19.1 Å². The van der Waals surface area contributed by atoms with Crippen LogP contribution in [0.4, 0.5) is 5.69 Å². The summed E-state index contributed by atoms with van der Waals surface area (Å²) in [6, 6.07) is 13.6. The zero-order chi connectivity index (χ0) is 21.0. The number of rotatable bonds is 6. The van der Waals surface area contributed by atoms with Gasteiger partial charge >= 0.3 is 11.6 Å². The average molecular weight is 395 g/mol. The first-order valence-electron chi connectivity index (χ1n) is 9.06. The second-order valence-corrected chi connectivity index (χ2v) is 6.69. The van der Waals surface area contributed by atoms with Gasteiger partial charge in [0.25, 0.3) is 5.91 Å². The number of esters is 1. The molecule has 0 saturated carbocycles. The minimum atomic E-state index is -0.983. The Labute approximate surface area is 167 Å². The first kappa shape index (κ1) is 20.1. The van der Waals surface area contributed by atoms with Gasteiger partial charge in [-0.3, -0.25) is 4.79 Å². The predicted molar refractivity (Wildman–Crippen MR) is 108 cm³/mol. The first-order chi connectivity index (χ1) is 13.8. The van der Waals surface area contributed by atoms with Crippen molar-refractivity contribution in [2.75, 3.05) is 11.9 Å². The molecule has 0 radical (unpaired) electrons. The molecule has 3 aromatic rings. The number of amides is 1. The number of nitrogens with one attached hydrogen (secondary N) is 1. The van der Waals surface area contributed by atoms with Crippen molar-refractivity contribution in [3.63, 3.8) is 0 Å². The van der Waals surface area contributed by atoms with Gasteiger partial charge in [-0.15, -0.1) is 0 Å². The molecule has 0 spiro atoms. The number of benzene rings is 2. The molecule has 1 N–H and O–H groups in total. The van der Waals surface area contributed by atoms with E-state index >= 15 is 0 Å². The van der Waals surface area contributed by atoms with Gasteiger partial charge in [-0.05, 0) is 56.2 Å². The number of hydrogen-bond acceptors (Lipinski definition) is 6. The Bertz CT molecular complexity index is 1120. The highest BCUT2D eigenvalue weighted by Crippen LogP contribution is 2.22. The van der Waals surface area contributed by atoms with E-state index in [9.17, 15) is 14.4 Å². The van der Waals surface area contributed by atoms with E-state index in [-0.39, 0.29) is 6.61 Å². The Balaban J connectivity index is 1.56. The largest absolute Gasteiger partial charge is 0.482 e. The zero-order valence-corrected chi connectivity index (χ0v) is 16.4. The van der Waals surface area contributed by atoms with Crippen LogP contribution in [0.15, 0.2) is 57.7 Å². The molecule has 3 rings (SSSR count). The van der Waals surface area contributed by atoms with Gasteiger partial charge in [0.15, 0.2) is 12.7 Å². The Hall–Kier alpha value is -3.61. The number of aryl methyl sites for hydroxylation is 2. The monoisotopic (exact) mass is 395 g/mol. The molecule has 1 amide bonds. The Morgan fingerprint density at radius 1 is 1.10 bits per heavy atom. The van der Waals surface area contributed by atoms with Gasteiger partial charge in [-0.25, -0.2) is 9.59 Å². The topological polar surface area (TPSA) is 94.8 Å². The average Bonchev–Trinajstić information content (AvgIpc) is 2.66. The maximum atomic E-state index is 12.2. The maximum absolute atomic E-state index is 12.2. The summed E-state index contributed by atoms with van der Waals surface area (Å²) in [5, 5.41) is 3.47. The van der Waals surface area contributed by atoms with E-state index in [0.717, 1.165) is 16.5 Å². The molecule has 0 aliphatic rings.